The largest absolute Gasteiger partial charge is 0.344 e. The van der Waals surface area contributed by atoms with E-state index in [0.29, 0.717) is 17.8 Å². The van der Waals surface area contributed by atoms with Gasteiger partial charge in [-0.2, -0.15) is 9.36 Å². The maximum atomic E-state index is 13.4. The number of anilines is 1. The zero-order valence-corrected chi connectivity index (χ0v) is 16.2. The minimum absolute atomic E-state index is 0.379. The van der Waals surface area contributed by atoms with Crippen LogP contribution < -0.4 is 4.90 Å². The number of benzene rings is 2. The Kier molecular flexibility index (Phi) is 5.77. The summed E-state index contributed by atoms with van der Waals surface area (Å²) in [6, 6.07) is 7.62. The molecule has 0 bridgehead atoms. The predicted molar refractivity (Wildman–Crippen MR) is 104 cm³/mol. The van der Waals surface area contributed by atoms with Crippen molar-refractivity contribution in [3.8, 4) is 11.4 Å². The summed E-state index contributed by atoms with van der Waals surface area (Å²) in [7, 11) is 0. The normalized spacial score (nSPS) is 15.1. The molecule has 1 aliphatic heterocycles. The van der Waals surface area contributed by atoms with E-state index in [1.165, 1.54) is 23.7 Å². The van der Waals surface area contributed by atoms with Crippen LogP contribution in [0.3, 0.4) is 0 Å². The van der Waals surface area contributed by atoms with Crippen molar-refractivity contribution in [3.63, 3.8) is 0 Å². The Labute approximate surface area is 169 Å². The molecule has 0 saturated carbocycles. The van der Waals surface area contributed by atoms with Crippen LogP contribution in [-0.2, 0) is 6.42 Å². The zero-order chi connectivity index (χ0) is 20.4. The highest BCUT2D eigenvalue weighted by atomic mass is 32.1. The molecule has 0 atom stereocenters. The van der Waals surface area contributed by atoms with Crippen LogP contribution in [0.5, 0.6) is 0 Å². The third-order valence-corrected chi connectivity index (χ3v) is 5.71. The highest BCUT2D eigenvalue weighted by Crippen LogP contribution is 2.26. The third kappa shape index (κ3) is 4.56. The maximum absolute atomic E-state index is 13.4. The Balaban J connectivity index is 1.32. The fraction of sp³-hybridized carbons (Fsp3) is 0.300. The number of hydrogen-bond donors (Lipinski definition) is 0. The number of rotatable bonds is 5. The molecule has 152 valence electrons. The van der Waals surface area contributed by atoms with E-state index in [0.717, 1.165) is 61.6 Å². The fourth-order valence-electron chi connectivity index (χ4n) is 3.24. The van der Waals surface area contributed by atoms with Gasteiger partial charge in [-0.1, -0.05) is 6.07 Å². The standard InChI is InChI=1S/C20H18F4N4S/c21-15-3-1-13(11-17(15)23)5-6-27-7-9-28(10-8-27)20-25-19(26-29-20)14-2-4-16(22)18(24)12-14/h1-4,11-12H,5-10H2. The molecule has 0 radical (unpaired) electrons. The molecule has 9 heteroatoms. The van der Waals surface area contributed by atoms with Crippen LogP contribution in [0, 0.1) is 23.3 Å². The van der Waals surface area contributed by atoms with Crippen molar-refractivity contribution in [2.24, 2.45) is 0 Å². The molecule has 0 spiro atoms. The van der Waals surface area contributed by atoms with Gasteiger partial charge in [-0.05, 0) is 42.3 Å². The second-order valence-corrected chi connectivity index (χ2v) is 7.59. The van der Waals surface area contributed by atoms with E-state index >= 15 is 0 Å². The molecule has 1 fully saturated rings. The fourth-order valence-corrected chi connectivity index (χ4v) is 3.98. The van der Waals surface area contributed by atoms with Crippen LogP contribution in [0.25, 0.3) is 11.4 Å². The topological polar surface area (TPSA) is 32.3 Å². The molecule has 2 heterocycles. The van der Waals surface area contributed by atoms with Crippen LogP contribution in [-0.4, -0.2) is 47.0 Å². The summed E-state index contributed by atoms with van der Waals surface area (Å²) in [5.74, 6) is -3.09. The quantitative estimate of drug-likeness (QED) is 0.579. The second kappa shape index (κ2) is 8.46. The summed E-state index contributed by atoms with van der Waals surface area (Å²) in [5.41, 5.74) is 1.21. The lowest BCUT2D eigenvalue weighted by atomic mass is 10.1. The van der Waals surface area contributed by atoms with Gasteiger partial charge in [0.1, 0.15) is 0 Å². The minimum Gasteiger partial charge on any atom is -0.344 e. The summed E-state index contributed by atoms with van der Waals surface area (Å²) in [6.45, 7) is 3.89. The highest BCUT2D eigenvalue weighted by molar-refractivity contribution is 7.09. The SMILES string of the molecule is Fc1ccc(CCN2CCN(c3nc(-c4ccc(F)c(F)c4)ns3)CC2)cc1F. The molecule has 1 aliphatic rings. The maximum Gasteiger partial charge on any atom is 0.205 e. The molecule has 29 heavy (non-hydrogen) atoms. The second-order valence-electron chi connectivity index (χ2n) is 6.86. The lowest BCUT2D eigenvalue weighted by Gasteiger charge is -2.34. The molecule has 4 nitrogen and oxygen atoms in total. The number of halogens is 4. The lowest BCUT2D eigenvalue weighted by Crippen LogP contribution is -2.47. The van der Waals surface area contributed by atoms with E-state index in [1.807, 2.05) is 0 Å². The molecule has 0 aliphatic carbocycles. The summed E-state index contributed by atoms with van der Waals surface area (Å²) in [6.07, 6.45) is 0.649. The molecular weight excluding hydrogens is 404 g/mol. The van der Waals surface area contributed by atoms with Gasteiger partial charge in [0.2, 0.25) is 5.13 Å². The molecule has 2 aromatic carbocycles. The van der Waals surface area contributed by atoms with Crippen LogP contribution in [0.1, 0.15) is 5.56 Å². The van der Waals surface area contributed by atoms with E-state index in [1.54, 1.807) is 6.07 Å². The van der Waals surface area contributed by atoms with E-state index in [2.05, 4.69) is 19.2 Å². The monoisotopic (exact) mass is 422 g/mol. The summed E-state index contributed by atoms with van der Waals surface area (Å²) in [4.78, 5) is 8.83. The summed E-state index contributed by atoms with van der Waals surface area (Å²) >= 11 is 1.23. The number of aromatic nitrogens is 2. The van der Waals surface area contributed by atoms with Crippen molar-refractivity contribution in [3.05, 3.63) is 65.2 Å². The van der Waals surface area contributed by atoms with E-state index in [9.17, 15) is 17.6 Å². The number of hydrogen-bond acceptors (Lipinski definition) is 5. The molecular formula is C20H18F4N4S. The predicted octanol–water partition coefficient (Wildman–Crippen LogP) is 4.13. The van der Waals surface area contributed by atoms with Crippen LogP contribution in [0.15, 0.2) is 36.4 Å². The lowest BCUT2D eigenvalue weighted by molar-refractivity contribution is 0.261. The average molecular weight is 422 g/mol. The third-order valence-electron chi connectivity index (χ3n) is 4.94. The van der Waals surface area contributed by atoms with Crippen molar-refractivity contribution >= 4 is 16.7 Å². The Morgan fingerprint density at radius 1 is 0.828 bits per heavy atom. The Hall–Kier alpha value is -2.52. The van der Waals surface area contributed by atoms with Gasteiger partial charge in [0, 0.05) is 49.8 Å². The van der Waals surface area contributed by atoms with E-state index < -0.39 is 23.3 Å². The number of piperazine rings is 1. The van der Waals surface area contributed by atoms with Gasteiger partial charge in [0.05, 0.1) is 0 Å². The van der Waals surface area contributed by atoms with Crippen molar-refractivity contribution < 1.29 is 17.6 Å². The summed E-state index contributed by atoms with van der Waals surface area (Å²) in [5, 5.41) is 0.741. The molecule has 0 unspecified atom stereocenters. The molecule has 3 aromatic rings. The van der Waals surface area contributed by atoms with Gasteiger partial charge < -0.3 is 4.90 Å². The van der Waals surface area contributed by atoms with E-state index in [4.69, 9.17) is 0 Å². The minimum atomic E-state index is -0.923. The smallest absolute Gasteiger partial charge is 0.205 e. The zero-order valence-electron chi connectivity index (χ0n) is 15.4. The Morgan fingerprint density at radius 3 is 2.21 bits per heavy atom. The van der Waals surface area contributed by atoms with Gasteiger partial charge in [-0.3, -0.25) is 4.90 Å². The van der Waals surface area contributed by atoms with Gasteiger partial charge in [0.15, 0.2) is 29.1 Å². The highest BCUT2D eigenvalue weighted by Gasteiger charge is 2.20. The van der Waals surface area contributed by atoms with Gasteiger partial charge in [-0.15, -0.1) is 0 Å². The number of nitrogens with zero attached hydrogens (tertiary/aromatic N) is 4. The Morgan fingerprint density at radius 2 is 1.52 bits per heavy atom. The first kappa shape index (κ1) is 19.8. The van der Waals surface area contributed by atoms with Crippen LogP contribution >= 0.6 is 11.5 Å². The summed E-state index contributed by atoms with van der Waals surface area (Å²) < 4.78 is 57.1. The van der Waals surface area contributed by atoms with Crippen LogP contribution in [0.4, 0.5) is 22.7 Å². The van der Waals surface area contributed by atoms with Crippen molar-refractivity contribution in [1.29, 1.82) is 0 Å². The first-order valence-corrected chi connectivity index (χ1v) is 9.97. The van der Waals surface area contributed by atoms with Crippen molar-refractivity contribution in [2.45, 2.75) is 6.42 Å². The van der Waals surface area contributed by atoms with E-state index in [-0.39, 0.29) is 0 Å². The Bertz CT molecular complexity index is 1000. The molecule has 4 rings (SSSR count). The molecule has 0 N–H and O–H groups in total. The average Bonchev–Trinajstić information content (AvgIpc) is 3.21. The molecule has 1 aromatic heterocycles. The van der Waals surface area contributed by atoms with Gasteiger partial charge in [-0.25, -0.2) is 17.6 Å². The first-order chi connectivity index (χ1) is 14.0. The van der Waals surface area contributed by atoms with Crippen LogP contribution in [0.2, 0.25) is 0 Å². The molecule has 0 amide bonds. The molecule has 1 saturated heterocycles. The van der Waals surface area contributed by atoms with Crippen molar-refractivity contribution in [1.82, 2.24) is 14.3 Å². The first-order valence-electron chi connectivity index (χ1n) is 9.20. The van der Waals surface area contributed by atoms with Gasteiger partial charge in [0.25, 0.3) is 0 Å². The van der Waals surface area contributed by atoms with Gasteiger partial charge >= 0.3 is 0 Å². The van der Waals surface area contributed by atoms with Crippen molar-refractivity contribution in [2.75, 3.05) is 37.6 Å².